The molecule has 1 unspecified atom stereocenters. The molecule has 1 aliphatic heterocycles. The van der Waals surface area contributed by atoms with E-state index >= 15 is 0 Å². The fourth-order valence-electron chi connectivity index (χ4n) is 4.50. The zero-order chi connectivity index (χ0) is 25.1. The van der Waals surface area contributed by atoms with Crippen molar-refractivity contribution in [3.63, 3.8) is 0 Å². The van der Waals surface area contributed by atoms with Gasteiger partial charge in [0.2, 0.25) is 0 Å². The number of hydrogen-bond donors (Lipinski definition) is 0. The SMILES string of the molecule is CC(C)(C=O)Oc1cccc(C2CCCN(Sc3cccc(-c4ccc(C(C)(C)C)cc4)c3)C2)c1. The average molecular weight is 488 g/mol. The molecule has 1 saturated heterocycles. The van der Waals surface area contributed by atoms with Crippen LogP contribution >= 0.6 is 11.9 Å². The molecule has 0 radical (unpaired) electrons. The minimum absolute atomic E-state index is 0.164. The molecule has 0 spiro atoms. The molecule has 0 N–H and O–H groups in total. The molecule has 1 heterocycles. The summed E-state index contributed by atoms with van der Waals surface area (Å²) in [6.45, 7) is 12.4. The summed E-state index contributed by atoms with van der Waals surface area (Å²) in [6, 6.07) is 26.1. The molecule has 4 heteroatoms. The van der Waals surface area contributed by atoms with Gasteiger partial charge in [-0.1, -0.05) is 69.3 Å². The molecule has 0 saturated carbocycles. The molecule has 1 atom stereocenters. The van der Waals surface area contributed by atoms with Gasteiger partial charge in [-0.15, -0.1) is 0 Å². The van der Waals surface area contributed by atoms with Gasteiger partial charge in [-0.25, -0.2) is 4.31 Å². The average Bonchev–Trinajstić information content (AvgIpc) is 2.84. The van der Waals surface area contributed by atoms with Gasteiger partial charge in [0.05, 0.1) is 0 Å². The molecular formula is C31H37NO2S. The van der Waals surface area contributed by atoms with Gasteiger partial charge < -0.3 is 4.74 Å². The number of carbonyl (C=O) groups is 1. The maximum Gasteiger partial charge on any atom is 0.162 e. The maximum absolute atomic E-state index is 11.3. The number of aldehydes is 1. The predicted octanol–water partition coefficient (Wildman–Crippen LogP) is 7.89. The third-order valence-electron chi connectivity index (χ3n) is 6.53. The van der Waals surface area contributed by atoms with E-state index in [1.165, 1.54) is 27.1 Å². The van der Waals surface area contributed by atoms with Crippen molar-refractivity contribution in [2.75, 3.05) is 13.1 Å². The lowest BCUT2D eigenvalue weighted by molar-refractivity contribution is -0.119. The number of benzene rings is 3. The van der Waals surface area contributed by atoms with Crippen LogP contribution in [-0.2, 0) is 10.2 Å². The van der Waals surface area contributed by atoms with E-state index in [2.05, 4.69) is 85.7 Å². The Hall–Kier alpha value is -2.56. The monoisotopic (exact) mass is 487 g/mol. The standard InChI is InChI=1S/C31H37NO2S/c1-30(2,3)27-16-14-23(15-17-27)25-10-7-13-29(20-25)35-32-18-8-11-26(21-32)24-9-6-12-28(19-24)34-31(4,5)22-33/h6-7,9-10,12-17,19-20,22,26H,8,11,18,21H2,1-5H3. The molecule has 0 aliphatic carbocycles. The normalized spacial score (nSPS) is 17.2. The Bertz CT molecular complexity index is 1150. The van der Waals surface area contributed by atoms with Gasteiger partial charge in [-0.2, -0.15) is 0 Å². The quantitative estimate of drug-likeness (QED) is 0.250. The molecule has 1 fully saturated rings. The summed E-state index contributed by atoms with van der Waals surface area (Å²) in [7, 11) is 0. The molecule has 0 bridgehead atoms. The van der Waals surface area contributed by atoms with Crippen LogP contribution in [0.1, 0.15) is 64.5 Å². The topological polar surface area (TPSA) is 29.5 Å². The summed E-state index contributed by atoms with van der Waals surface area (Å²) >= 11 is 1.85. The summed E-state index contributed by atoms with van der Waals surface area (Å²) in [4.78, 5) is 12.5. The van der Waals surface area contributed by atoms with Crippen molar-refractivity contribution >= 4 is 18.2 Å². The molecule has 35 heavy (non-hydrogen) atoms. The van der Waals surface area contributed by atoms with E-state index < -0.39 is 5.60 Å². The first kappa shape index (κ1) is 25.5. The molecule has 0 aromatic heterocycles. The lowest BCUT2D eigenvalue weighted by Gasteiger charge is -2.32. The Morgan fingerprint density at radius 1 is 0.914 bits per heavy atom. The molecule has 3 aromatic carbocycles. The van der Waals surface area contributed by atoms with Crippen LogP contribution in [0.2, 0.25) is 0 Å². The zero-order valence-corrected chi connectivity index (χ0v) is 22.4. The Morgan fingerprint density at radius 3 is 2.37 bits per heavy atom. The Balaban J connectivity index is 1.44. The van der Waals surface area contributed by atoms with E-state index in [1.54, 1.807) is 13.8 Å². The van der Waals surface area contributed by atoms with Crippen LogP contribution in [0.4, 0.5) is 0 Å². The van der Waals surface area contributed by atoms with Gasteiger partial charge in [0, 0.05) is 18.0 Å². The van der Waals surface area contributed by atoms with E-state index in [0.717, 1.165) is 38.0 Å². The summed E-state index contributed by atoms with van der Waals surface area (Å²) in [6.07, 6.45) is 3.18. The summed E-state index contributed by atoms with van der Waals surface area (Å²) < 4.78 is 8.38. The van der Waals surface area contributed by atoms with Crippen molar-refractivity contribution in [2.45, 2.75) is 69.3 Å². The van der Waals surface area contributed by atoms with Gasteiger partial charge in [-0.05, 0) is 96.5 Å². The van der Waals surface area contributed by atoms with E-state index in [-0.39, 0.29) is 5.41 Å². The van der Waals surface area contributed by atoms with Gasteiger partial charge in [0.15, 0.2) is 11.9 Å². The predicted molar refractivity (Wildman–Crippen MR) is 147 cm³/mol. The number of piperidine rings is 1. The minimum atomic E-state index is -0.814. The Kier molecular flexibility index (Phi) is 7.73. The van der Waals surface area contributed by atoms with Crippen LogP contribution < -0.4 is 4.74 Å². The highest BCUT2D eigenvalue weighted by Gasteiger charge is 2.24. The van der Waals surface area contributed by atoms with E-state index in [9.17, 15) is 4.79 Å². The smallest absolute Gasteiger partial charge is 0.162 e. The van der Waals surface area contributed by atoms with Gasteiger partial charge in [0.1, 0.15) is 5.75 Å². The summed E-state index contributed by atoms with van der Waals surface area (Å²) in [5.74, 6) is 1.21. The van der Waals surface area contributed by atoms with Crippen LogP contribution in [0.3, 0.4) is 0 Å². The van der Waals surface area contributed by atoms with E-state index in [0.29, 0.717) is 5.92 Å². The van der Waals surface area contributed by atoms with Crippen molar-refractivity contribution in [3.8, 4) is 16.9 Å². The first-order valence-corrected chi connectivity index (χ1v) is 13.3. The molecule has 4 rings (SSSR count). The lowest BCUT2D eigenvalue weighted by Crippen LogP contribution is -2.30. The summed E-state index contributed by atoms with van der Waals surface area (Å²) in [5.41, 5.74) is 4.50. The molecule has 3 nitrogen and oxygen atoms in total. The second-order valence-electron chi connectivity index (χ2n) is 11.1. The second kappa shape index (κ2) is 10.6. The van der Waals surface area contributed by atoms with Gasteiger partial charge in [-0.3, -0.25) is 4.79 Å². The highest BCUT2D eigenvalue weighted by molar-refractivity contribution is 7.97. The van der Waals surface area contributed by atoms with Crippen LogP contribution in [0.25, 0.3) is 11.1 Å². The number of nitrogens with zero attached hydrogens (tertiary/aromatic N) is 1. The van der Waals surface area contributed by atoms with Crippen molar-refractivity contribution < 1.29 is 9.53 Å². The minimum Gasteiger partial charge on any atom is -0.480 e. The number of hydrogen-bond acceptors (Lipinski definition) is 4. The highest BCUT2D eigenvalue weighted by atomic mass is 32.2. The molecule has 1 aliphatic rings. The largest absolute Gasteiger partial charge is 0.480 e. The Morgan fingerprint density at radius 2 is 1.66 bits per heavy atom. The number of carbonyl (C=O) groups excluding carboxylic acids is 1. The molecule has 0 amide bonds. The van der Waals surface area contributed by atoms with Crippen LogP contribution in [0.5, 0.6) is 5.75 Å². The van der Waals surface area contributed by atoms with Gasteiger partial charge >= 0.3 is 0 Å². The van der Waals surface area contributed by atoms with Crippen molar-refractivity contribution in [1.82, 2.24) is 4.31 Å². The number of rotatable bonds is 7. The third-order valence-corrected chi connectivity index (χ3v) is 7.59. The van der Waals surface area contributed by atoms with Crippen LogP contribution in [-0.4, -0.2) is 29.3 Å². The fourth-order valence-corrected chi connectivity index (χ4v) is 5.59. The van der Waals surface area contributed by atoms with E-state index in [4.69, 9.17) is 4.74 Å². The molecule has 3 aromatic rings. The molecule has 184 valence electrons. The lowest BCUT2D eigenvalue weighted by atomic mass is 9.86. The number of ether oxygens (including phenoxy) is 1. The van der Waals surface area contributed by atoms with E-state index in [1.807, 2.05) is 24.1 Å². The first-order valence-electron chi connectivity index (χ1n) is 12.5. The molecular weight excluding hydrogens is 450 g/mol. The fraction of sp³-hybridized carbons (Fsp3) is 0.387. The first-order chi connectivity index (χ1) is 16.6. The van der Waals surface area contributed by atoms with Crippen molar-refractivity contribution in [2.24, 2.45) is 0 Å². The van der Waals surface area contributed by atoms with Crippen molar-refractivity contribution in [3.05, 3.63) is 83.9 Å². The van der Waals surface area contributed by atoms with Crippen LogP contribution in [0, 0.1) is 0 Å². The maximum atomic E-state index is 11.3. The highest BCUT2D eigenvalue weighted by Crippen LogP contribution is 2.36. The van der Waals surface area contributed by atoms with Gasteiger partial charge in [0.25, 0.3) is 0 Å². The van der Waals surface area contributed by atoms with Crippen LogP contribution in [0.15, 0.2) is 77.7 Å². The summed E-state index contributed by atoms with van der Waals surface area (Å²) in [5, 5.41) is 0. The Labute approximate surface area is 215 Å². The second-order valence-corrected chi connectivity index (χ2v) is 12.2. The van der Waals surface area contributed by atoms with Crippen molar-refractivity contribution in [1.29, 1.82) is 0 Å². The third kappa shape index (κ3) is 6.77. The zero-order valence-electron chi connectivity index (χ0n) is 21.6.